The van der Waals surface area contributed by atoms with E-state index in [1.807, 2.05) is 14.0 Å². The van der Waals surface area contributed by atoms with E-state index in [9.17, 15) is 9.18 Å². The zero-order chi connectivity index (χ0) is 12.8. The summed E-state index contributed by atoms with van der Waals surface area (Å²) in [6.07, 6.45) is 0. The maximum atomic E-state index is 13.0. The van der Waals surface area contributed by atoms with E-state index in [4.69, 9.17) is 0 Å². The Morgan fingerprint density at radius 2 is 2.18 bits per heavy atom. The predicted octanol–water partition coefficient (Wildman–Crippen LogP) is 2.17. The molecule has 1 aromatic rings. The van der Waals surface area contributed by atoms with E-state index in [2.05, 4.69) is 26.6 Å². The van der Waals surface area contributed by atoms with E-state index < -0.39 is 0 Å². The van der Waals surface area contributed by atoms with Gasteiger partial charge in [-0.15, -0.1) is 0 Å². The summed E-state index contributed by atoms with van der Waals surface area (Å²) in [4.78, 5) is 11.7. The van der Waals surface area contributed by atoms with Crippen molar-refractivity contribution in [2.75, 3.05) is 20.1 Å². The lowest BCUT2D eigenvalue weighted by molar-refractivity contribution is 0.0948. The molecule has 0 aliphatic carbocycles. The molecule has 0 saturated heterocycles. The second-order valence-electron chi connectivity index (χ2n) is 4.00. The van der Waals surface area contributed by atoms with Gasteiger partial charge in [0.25, 0.3) is 5.91 Å². The molecule has 0 aliphatic rings. The van der Waals surface area contributed by atoms with Crippen LogP contribution in [0.2, 0.25) is 0 Å². The quantitative estimate of drug-likeness (QED) is 0.875. The van der Waals surface area contributed by atoms with Crippen molar-refractivity contribution in [1.29, 1.82) is 0 Å². The van der Waals surface area contributed by atoms with Crippen LogP contribution in [0, 0.1) is 11.7 Å². The molecule has 1 rings (SSSR count). The van der Waals surface area contributed by atoms with Crippen LogP contribution in [0.15, 0.2) is 22.7 Å². The van der Waals surface area contributed by atoms with Gasteiger partial charge in [0.1, 0.15) is 5.82 Å². The molecule has 17 heavy (non-hydrogen) atoms. The average Bonchev–Trinajstić information content (AvgIpc) is 2.30. The minimum atomic E-state index is -0.370. The molecule has 0 heterocycles. The summed E-state index contributed by atoms with van der Waals surface area (Å²) in [5, 5.41) is 5.85. The van der Waals surface area contributed by atoms with Crippen LogP contribution in [0.1, 0.15) is 17.3 Å². The van der Waals surface area contributed by atoms with Crippen LogP contribution < -0.4 is 10.6 Å². The molecule has 1 aromatic carbocycles. The van der Waals surface area contributed by atoms with Gasteiger partial charge in [0.2, 0.25) is 0 Å². The first-order valence-corrected chi connectivity index (χ1v) is 6.21. The number of carbonyl (C=O) groups excluding carboxylic acids is 1. The summed E-state index contributed by atoms with van der Waals surface area (Å²) in [6.45, 7) is 3.47. The zero-order valence-corrected chi connectivity index (χ0v) is 11.5. The third kappa shape index (κ3) is 4.44. The minimum absolute atomic E-state index is 0.186. The molecule has 0 aliphatic heterocycles. The Balaban J connectivity index is 2.55. The summed E-state index contributed by atoms with van der Waals surface area (Å²) < 4.78 is 13.3. The van der Waals surface area contributed by atoms with Gasteiger partial charge < -0.3 is 10.6 Å². The lowest BCUT2D eigenvalue weighted by Crippen LogP contribution is -2.32. The van der Waals surface area contributed by atoms with Crippen LogP contribution >= 0.6 is 15.9 Å². The first-order valence-electron chi connectivity index (χ1n) is 5.42. The fourth-order valence-corrected chi connectivity index (χ4v) is 1.81. The number of amides is 1. The standard InChI is InChI=1S/C12H16BrFN2O/c1-8(6-15-2)7-16-12(17)9-3-4-11(14)10(13)5-9/h3-5,8,15H,6-7H2,1-2H3,(H,16,17)/t8-/m1/s1. The molecule has 2 N–H and O–H groups in total. The number of hydrogen-bond acceptors (Lipinski definition) is 2. The number of halogens is 2. The van der Waals surface area contributed by atoms with E-state index in [0.717, 1.165) is 6.54 Å². The second kappa shape index (κ2) is 6.71. The van der Waals surface area contributed by atoms with Gasteiger partial charge >= 0.3 is 0 Å². The van der Waals surface area contributed by atoms with Crippen LogP contribution in [-0.4, -0.2) is 26.0 Å². The van der Waals surface area contributed by atoms with E-state index in [0.29, 0.717) is 22.5 Å². The van der Waals surface area contributed by atoms with E-state index in [1.54, 1.807) is 0 Å². The lowest BCUT2D eigenvalue weighted by atomic mass is 10.1. The molecule has 0 unspecified atom stereocenters. The number of hydrogen-bond donors (Lipinski definition) is 2. The van der Waals surface area contributed by atoms with Gasteiger partial charge in [0, 0.05) is 12.1 Å². The molecule has 3 nitrogen and oxygen atoms in total. The van der Waals surface area contributed by atoms with Gasteiger partial charge in [-0.3, -0.25) is 4.79 Å². The summed E-state index contributed by atoms with van der Waals surface area (Å²) in [6, 6.07) is 4.22. The topological polar surface area (TPSA) is 41.1 Å². The molecule has 5 heteroatoms. The van der Waals surface area contributed by atoms with Crippen molar-refractivity contribution in [3.63, 3.8) is 0 Å². The van der Waals surface area contributed by atoms with Gasteiger partial charge in [0.15, 0.2) is 0 Å². The van der Waals surface area contributed by atoms with Gasteiger partial charge in [0.05, 0.1) is 4.47 Å². The normalized spacial score (nSPS) is 12.2. The van der Waals surface area contributed by atoms with Crippen LogP contribution in [0.25, 0.3) is 0 Å². The first kappa shape index (κ1) is 14.1. The highest BCUT2D eigenvalue weighted by atomic mass is 79.9. The SMILES string of the molecule is CNC[C@@H](C)CNC(=O)c1ccc(F)c(Br)c1. The van der Waals surface area contributed by atoms with Gasteiger partial charge in [-0.1, -0.05) is 6.92 Å². The van der Waals surface area contributed by atoms with Crippen LogP contribution in [0.5, 0.6) is 0 Å². The van der Waals surface area contributed by atoms with Gasteiger partial charge in [-0.2, -0.15) is 0 Å². The Kier molecular flexibility index (Phi) is 5.58. The molecule has 94 valence electrons. The third-order valence-corrected chi connectivity index (χ3v) is 2.95. The largest absolute Gasteiger partial charge is 0.352 e. The fourth-order valence-electron chi connectivity index (χ4n) is 1.43. The van der Waals surface area contributed by atoms with Gasteiger partial charge in [-0.25, -0.2) is 4.39 Å². The van der Waals surface area contributed by atoms with Crippen molar-refractivity contribution in [1.82, 2.24) is 10.6 Å². The Morgan fingerprint density at radius 3 is 2.76 bits per heavy atom. The molecule has 1 amide bonds. The van der Waals surface area contributed by atoms with E-state index in [-0.39, 0.29) is 11.7 Å². The summed E-state index contributed by atoms with van der Waals surface area (Å²) >= 11 is 3.05. The Hall–Kier alpha value is -0.940. The molecular weight excluding hydrogens is 287 g/mol. The highest BCUT2D eigenvalue weighted by Crippen LogP contribution is 2.16. The van der Waals surface area contributed by atoms with Crippen LogP contribution in [0.3, 0.4) is 0 Å². The smallest absolute Gasteiger partial charge is 0.251 e. The third-order valence-electron chi connectivity index (χ3n) is 2.35. The first-order chi connectivity index (χ1) is 8.04. The van der Waals surface area contributed by atoms with Crippen molar-refractivity contribution in [2.45, 2.75) is 6.92 Å². The number of carbonyl (C=O) groups is 1. The zero-order valence-electron chi connectivity index (χ0n) is 9.89. The molecule has 1 atom stereocenters. The molecular formula is C12H16BrFN2O. The Labute approximate surface area is 109 Å². The van der Waals surface area contributed by atoms with E-state index >= 15 is 0 Å². The van der Waals surface area contributed by atoms with E-state index in [1.165, 1.54) is 18.2 Å². The Morgan fingerprint density at radius 1 is 1.47 bits per heavy atom. The van der Waals surface area contributed by atoms with Crippen molar-refractivity contribution >= 4 is 21.8 Å². The number of rotatable bonds is 5. The van der Waals surface area contributed by atoms with Gasteiger partial charge in [-0.05, 0) is 53.6 Å². The predicted molar refractivity (Wildman–Crippen MR) is 69.5 cm³/mol. The Bertz CT molecular complexity index is 398. The summed E-state index contributed by atoms with van der Waals surface area (Å²) in [7, 11) is 1.87. The molecule has 0 aromatic heterocycles. The van der Waals surface area contributed by atoms with Crippen molar-refractivity contribution < 1.29 is 9.18 Å². The summed E-state index contributed by atoms with van der Waals surface area (Å²) in [5.74, 6) is -0.202. The van der Waals surface area contributed by atoms with Crippen molar-refractivity contribution in [2.24, 2.45) is 5.92 Å². The molecule has 0 spiro atoms. The van der Waals surface area contributed by atoms with Crippen LogP contribution in [-0.2, 0) is 0 Å². The maximum Gasteiger partial charge on any atom is 0.251 e. The minimum Gasteiger partial charge on any atom is -0.352 e. The molecule has 0 bridgehead atoms. The molecule has 0 saturated carbocycles. The van der Waals surface area contributed by atoms with Crippen molar-refractivity contribution in [3.05, 3.63) is 34.1 Å². The molecule has 0 fully saturated rings. The number of nitrogens with one attached hydrogen (secondary N) is 2. The van der Waals surface area contributed by atoms with Crippen LogP contribution in [0.4, 0.5) is 4.39 Å². The summed E-state index contributed by atoms with van der Waals surface area (Å²) in [5.41, 5.74) is 0.454. The maximum absolute atomic E-state index is 13.0. The lowest BCUT2D eigenvalue weighted by Gasteiger charge is -2.12. The fraction of sp³-hybridized carbons (Fsp3) is 0.417. The second-order valence-corrected chi connectivity index (χ2v) is 4.86. The molecule has 0 radical (unpaired) electrons. The number of benzene rings is 1. The van der Waals surface area contributed by atoms with Crippen molar-refractivity contribution in [3.8, 4) is 0 Å². The highest BCUT2D eigenvalue weighted by Gasteiger charge is 2.09. The monoisotopic (exact) mass is 302 g/mol. The average molecular weight is 303 g/mol. The highest BCUT2D eigenvalue weighted by molar-refractivity contribution is 9.10.